The van der Waals surface area contributed by atoms with Gasteiger partial charge in [0.25, 0.3) is 0 Å². The van der Waals surface area contributed by atoms with Crippen LogP contribution >= 0.6 is 23.4 Å². The normalized spacial score (nSPS) is 18.1. The third kappa shape index (κ3) is 3.45. The number of H-pyrrole nitrogens is 1. The van der Waals surface area contributed by atoms with Gasteiger partial charge in [-0.25, -0.2) is 12.8 Å². The SMILES string of the molecule is O=S(=O)(c1ccc(F)c(-c2nn[nH]n2)c1)N1CCSC1c1ccc(Cl)cc1. The van der Waals surface area contributed by atoms with Gasteiger partial charge < -0.3 is 0 Å². The van der Waals surface area contributed by atoms with Crippen molar-refractivity contribution in [2.45, 2.75) is 10.3 Å². The zero-order chi connectivity index (χ0) is 19.0. The van der Waals surface area contributed by atoms with Crippen LogP contribution in [0.3, 0.4) is 0 Å². The molecule has 1 N–H and O–H groups in total. The first kappa shape index (κ1) is 18.4. The van der Waals surface area contributed by atoms with Gasteiger partial charge in [0.1, 0.15) is 5.82 Å². The summed E-state index contributed by atoms with van der Waals surface area (Å²) < 4.78 is 42.0. The van der Waals surface area contributed by atoms with Gasteiger partial charge in [-0.2, -0.15) is 9.52 Å². The average molecular weight is 426 g/mol. The van der Waals surface area contributed by atoms with Crippen LogP contribution in [0.1, 0.15) is 10.9 Å². The standard InChI is InChI=1S/C16H13ClFN5O2S2/c17-11-3-1-10(2-4-11)16-23(7-8-26-16)27(24,25)12-5-6-14(18)13(9-12)15-19-21-22-20-15/h1-6,9,16H,7-8H2,(H,19,20,21,22). The van der Waals surface area contributed by atoms with Crippen molar-refractivity contribution in [2.24, 2.45) is 0 Å². The highest BCUT2D eigenvalue weighted by molar-refractivity contribution is 8.01. The number of rotatable bonds is 4. The van der Waals surface area contributed by atoms with Crippen molar-refractivity contribution < 1.29 is 12.8 Å². The lowest BCUT2D eigenvalue weighted by atomic mass is 10.2. The predicted octanol–water partition coefficient (Wildman–Crippen LogP) is 3.10. The van der Waals surface area contributed by atoms with Crippen molar-refractivity contribution in [1.82, 2.24) is 24.9 Å². The van der Waals surface area contributed by atoms with E-state index in [1.54, 1.807) is 12.1 Å². The first-order valence-electron chi connectivity index (χ1n) is 7.89. The number of tetrazole rings is 1. The summed E-state index contributed by atoms with van der Waals surface area (Å²) in [6.45, 7) is 0.356. The lowest BCUT2D eigenvalue weighted by Gasteiger charge is -2.23. The molecule has 1 aromatic heterocycles. The molecular formula is C16H13ClFN5O2S2. The Hall–Kier alpha value is -2.01. The summed E-state index contributed by atoms with van der Waals surface area (Å²) in [6.07, 6.45) is 0. The number of aromatic nitrogens is 4. The summed E-state index contributed by atoms with van der Waals surface area (Å²) in [5.74, 6) is 0.0285. The molecule has 1 aliphatic heterocycles. The maximum Gasteiger partial charge on any atom is 0.244 e. The van der Waals surface area contributed by atoms with Gasteiger partial charge in [0.2, 0.25) is 15.8 Å². The number of nitrogens with zero attached hydrogens (tertiary/aromatic N) is 4. The minimum Gasteiger partial charge on any atom is -0.207 e. The fourth-order valence-electron chi connectivity index (χ4n) is 2.84. The van der Waals surface area contributed by atoms with E-state index in [4.69, 9.17) is 11.6 Å². The third-order valence-corrected chi connectivity index (χ3v) is 7.64. The molecule has 0 radical (unpaired) electrons. The predicted molar refractivity (Wildman–Crippen MR) is 100 cm³/mol. The molecule has 0 saturated carbocycles. The van der Waals surface area contributed by atoms with Crippen molar-refractivity contribution in [3.05, 3.63) is 58.9 Å². The number of sulfonamides is 1. The maximum atomic E-state index is 14.1. The molecule has 4 rings (SSSR count). The number of hydrogen-bond donors (Lipinski definition) is 1. The fraction of sp³-hybridized carbons (Fsp3) is 0.188. The molecule has 0 amide bonds. The molecule has 7 nitrogen and oxygen atoms in total. The zero-order valence-corrected chi connectivity index (χ0v) is 16.1. The van der Waals surface area contributed by atoms with Crippen LogP contribution < -0.4 is 0 Å². The highest BCUT2D eigenvalue weighted by Gasteiger charge is 2.37. The number of halogens is 2. The highest BCUT2D eigenvalue weighted by Crippen LogP contribution is 2.42. The molecule has 1 fully saturated rings. The van der Waals surface area contributed by atoms with Crippen LogP contribution in [0.15, 0.2) is 47.4 Å². The molecule has 3 aromatic rings. The van der Waals surface area contributed by atoms with Gasteiger partial charge >= 0.3 is 0 Å². The molecule has 1 aliphatic rings. The summed E-state index contributed by atoms with van der Waals surface area (Å²) in [7, 11) is -3.85. The Morgan fingerprint density at radius 3 is 2.70 bits per heavy atom. The van der Waals surface area contributed by atoms with Crippen molar-refractivity contribution in [3.8, 4) is 11.4 Å². The van der Waals surface area contributed by atoms with Gasteiger partial charge in [-0.05, 0) is 41.1 Å². The fourth-order valence-corrected chi connectivity index (χ4v) is 6.23. The van der Waals surface area contributed by atoms with Gasteiger partial charge in [0.05, 0.1) is 15.8 Å². The van der Waals surface area contributed by atoms with E-state index < -0.39 is 15.8 Å². The molecule has 0 spiro atoms. The van der Waals surface area contributed by atoms with Crippen LogP contribution in [0.5, 0.6) is 0 Å². The molecule has 1 atom stereocenters. The quantitative estimate of drug-likeness (QED) is 0.690. The molecule has 2 heterocycles. The number of aromatic amines is 1. The highest BCUT2D eigenvalue weighted by atomic mass is 35.5. The van der Waals surface area contributed by atoms with E-state index >= 15 is 0 Å². The molecule has 0 bridgehead atoms. The number of hydrogen-bond acceptors (Lipinski definition) is 6. The van der Waals surface area contributed by atoms with E-state index in [0.29, 0.717) is 17.3 Å². The number of thioether (sulfide) groups is 1. The average Bonchev–Trinajstić information content (AvgIpc) is 3.35. The lowest BCUT2D eigenvalue weighted by Crippen LogP contribution is -2.30. The minimum absolute atomic E-state index is 0.00500. The Bertz CT molecular complexity index is 1060. The Morgan fingerprint density at radius 1 is 1.22 bits per heavy atom. The molecule has 2 aromatic carbocycles. The van der Waals surface area contributed by atoms with E-state index in [9.17, 15) is 12.8 Å². The largest absolute Gasteiger partial charge is 0.244 e. The van der Waals surface area contributed by atoms with Gasteiger partial charge in [-0.1, -0.05) is 23.7 Å². The summed E-state index contributed by atoms with van der Waals surface area (Å²) in [4.78, 5) is -0.0230. The third-order valence-electron chi connectivity index (χ3n) is 4.13. The molecule has 1 unspecified atom stereocenters. The molecular weight excluding hydrogens is 413 g/mol. The monoisotopic (exact) mass is 425 g/mol. The van der Waals surface area contributed by atoms with E-state index in [1.165, 1.54) is 28.2 Å². The first-order chi connectivity index (χ1) is 13.0. The van der Waals surface area contributed by atoms with Crippen molar-refractivity contribution in [2.75, 3.05) is 12.3 Å². The second-order valence-electron chi connectivity index (χ2n) is 5.77. The van der Waals surface area contributed by atoms with Crippen LogP contribution in [0.4, 0.5) is 4.39 Å². The Balaban J connectivity index is 1.72. The van der Waals surface area contributed by atoms with Gasteiger partial charge in [-0.3, -0.25) is 0 Å². The molecule has 0 aliphatic carbocycles. The smallest absolute Gasteiger partial charge is 0.207 e. The maximum absolute atomic E-state index is 14.1. The zero-order valence-electron chi connectivity index (χ0n) is 13.7. The van der Waals surface area contributed by atoms with E-state index in [2.05, 4.69) is 20.6 Å². The van der Waals surface area contributed by atoms with Gasteiger partial charge in [0, 0.05) is 17.3 Å². The van der Waals surface area contributed by atoms with Crippen molar-refractivity contribution >= 4 is 33.4 Å². The summed E-state index contributed by atoms with van der Waals surface area (Å²) in [6, 6.07) is 10.7. The minimum atomic E-state index is -3.85. The van der Waals surface area contributed by atoms with Crippen LogP contribution in [0.25, 0.3) is 11.4 Å². The van der Waals surface area contributed by atoms with E-state index in [-0.39, 0.29) is 21.7 Å². The van der Waals surface area contributed by atoms with Crippen LogP contribution in [0, 0.1) is 5.82 Å². The van der Waals surface area contributed by atoms with Crippen molar-refractivity contribution in [3.63, 3.8) is 0 Å². The Kier molecular flexibility index (Phi) is 4.89. The van der Waals surface area contributed by atoms with Gasteiger partial charge in [0.15, 0.2) is 0 Å². The van der Waals surface area contributed by atoms with E-state index in [1.807, 2.05) is 12.1 Å². The second kappa shape index (κ2) is 7.19. The van der Waals surface area contributed by atoms with Crippen molar-refractivity contribution in [1.29, 1.82) is 0 Å². The van der Waals surface area contributed by atoms with E-state index in [0.717, 1.165) is 11.6 Å². The molecule has 1 saturated heterocycles. The molecule has 27 heavy (non-hydrogen) atoms. The molecule has 11 heteroatoms. The Morgan fingerprint density at radius 2 is 2.00 bits per heavy atom. The summed E-state index contributed by atoms with van der Waals surface area (Å²) in [5.41, 5.74) is 0.811. The lowest BCUT2D eigenvalue weighted by molar-refractivity contribution is 0.434. The Labute approximate surface area is 164 Å². The van der Waals surface area contributed by atoms with Crippen LogP contribution in [0.2, 0.25) is 5.02 Å². The van der Waals surface area contributed by atoms with Gasteiger partial charge in [-0.15, -0.1) is 22.0 Å². The van der Waals surface area contributed by atoms with Crippen LogP contribution in [-0.2, 0) is 10.0 Å². The molecule has 140 valence electrons. The van der Waals surface area contributed by atoms with Crippen LogP contribution in [-0.4, -0.2) is 45.6 Å². The number of nitrogens with one attached hydrogen (secondary N) is 1. The summed E-state index contributed by atoms with van der Waals surface area (Å²) >= 11 is 7.45. The number of benzene rings is 2. The topological polar surface area (TPSA) is 91.8 Å². The first-order valence-corrected chi connectivity index (χ1v) is 10.8. The summed E-state index contributed by atoms with van der Waals surface area (Å²) in [5, 5.41) is 13.3. The second-order valence-corrected chi connectivity index (χ2v) is 9.28.